The number of nitrogens with zero attached hydrogens (tertiary/aromatic N) is 4. The summed E-state index contributed by atoms with van der Waals surface area (Å²) in [5, 5.41) is 7.95. The van der Waals surface area contributed by atoms with Gasteiger partial charge in [0, 0.05) is 34.1 Å². The van der Waals surface area contributed by atoms with Gasteiger partial charge < -0.3 is 10.1 Å². The summed E-state index contributed by atoms with van der Waals surface area (Å²) in [5.74, 6) is 0.824. The fourth-order valence-electron chi connectivity index (χ4n) is 3.56. The smallest absolute Gasteiger partial charge is 0.256 e. The summed E-state index contributed by atoms with van der Waals surface area (Å²) >= 11 is 6.24. The van der Waals surface area contributed by atoms with Crippen molar-refractivity contribution in [1.29, 1.82) is 0 Å². The molecule has 1 amide bonds. The van der Waals surface area contributed by atoms with E-state index in [1.165, 1.54) is 0 Å². The monoisotopic (exact) mass is 491 g/mol. The molecule has 9 heteroatoms. The summed E-state index contributed by atoms with van der Waals surface area (Å²) in [6.07, 6.45) is 3.34. The van der Waals surface area contributed by atoms with Crippen molar-refractivity contribution in [3.63, 3.8) is 0 Å². The molecule has 0 aliphatic heterocycles. The summed E-state index contributed by atoms with van der Waals surface area (Å²) in [5.41, 5.74) is 4.37. The number of fused-ring (bicyclic) bond motifs is 1. The second-order valence-electron chi connectivity index (χ2n) is 7.23. The maximum Gasteiger partial charge on any atom is 0.256 e. The molecule has 5 aromatic rings. The van der Waals surface area contributed by atoms with Crippen LogP contribution in [0, 0.1) is 0 Å². The minimum Gasteiger partial charge on any atom is -0.497 e. The van der Waals surface area contributed by atoms with Crippen LogP contribution in [0.5, 0.6) is 5.75 Å². The van der Waals surface area contributed by atoms with Gasteiger partial charge in [0.25, 0.3) is 5.91 Å². The lowest BCUT2D eigenvalue weighted by atomic mass is 10.1. The molecule has 0 saturated heterocycles. The Kier molecular flexibility index (Phi) is 6.77. The molecule has 0 saturated carbocycles. The van der Waals surface area contributed by atoms with Crippen LogP contribution in [-0.2, 0) is 0 Å². The van der Waals surface area contributed by atoms with Gasteiger partial charge in [0.15, 0.2) is 5.65 Å². The molecule has 0 aliphatic rings. The van der Waals surface area contributed by atoms with E-state index in [1.807, 2.05) is 42.5 Å². The number of carbonyl (C=O) groups excluding carboxylic acids is 1. The topological polar surface area (TPSA) is 81.4 Å². The average molecular weight is 492 g/mol. The predicted octanol–water partition coefficient (Wildman–Crippen LogP) is 5.79. The van der Waals surface area contributed by atoms with E-state index >= 15 is 0 Å². The standard InChI is InChI=1S/C25H18ClN5O2.ClH/c1-33-20-9-7-16(8-10-20)25(32)29-21-15-18(11-13-27-21)24-23(17-4-2-5-19(26)14-17)30-22-6-3-12-28-31(22)24;/h2-15H,1H3,(H,27,29,32);1H. The molecular weight excluding hydrogens is 473 g/mol. The molecule has 0 bridgehead atoms. The Morgan fingerprint density at radius 3 is 2.56 bits per heavy atom. The highest BCUT2D eigenvalue weighted by atomic mass is 35.5. The molecule has 3 aromatic heterocycles. The van der Waals surface area contributed by atoms with Crippen LogP contribution in [0.2, 0.25) is 5.02 Å². The molecule has 0 fully saturated rings. The van der Waals surface area contributed by atoms with Crippen LogP contribution in [0.15, 0.2) is 85.2 Å². The zero-order valence-electron chi connectivity index (χ0n) is 18.0. The third kappa shape index (κ3) is 4.57. The summed E-state index contributed by atoms with van der Waals surface area (Å²) in [6, 6.07) is 21.8. The van der Waals surface area contributed by atoms with Gasteiger partial charge in [-0.05, 0) is 60.7 Å². The highest BCUT2D eigenvalue weighted by Crippen LogP contribution is 2.34. The molecule has 0 spiro atoms. The second kappa shape index (κ2) is 9.91. The molecule has 34 heavy (non-hydrogen) atoms. The number of imidazole rings is 1. The van der Waals surface area contributed by atoms with Crippen molar-refractivity contribution in [2.24, 2.45) is 0 Å². The fourth-order valence-corrected chi connectivity index (χ4v) is 3.75. The van der Waals surface area contributed by atoms with E-state index < -0.39 is 0 Å². The molecule has 2 aromatic carbocycles. The molecule has 170 valence electrons. The zero-order chi connectivity index (χ0) is 22.8. The van der Waals surface area contributed by atoms with Gasteiger partial charge in [-0.25, -0.2) is 14.5 Å². The maximum absolute atomic E-state index is 12.7. The average Bonchev–Trinajstić information content (AvgIpc) is 3.24. The summed E-state index contributed by atoms with van der Waals surface area (Å²) in [7, 11) is 1.58. The molecule has 5 rings (SSSR count). The number of pyridine rings is 1. The number of benzene rings is 2. The van der Waals surface area contributed by atoms with E-state index in [2.05, 4.69) is 15.4 Å². The molecule has 1 N–H and O–H groups in total. The number of hydrogen-bond acceptors (Lipinski definition) is 5. The number of ether oxygens (including phenoxy) is 1. The third-order valence-corrected chi connectivity index (χ3v) is 5.35. The number of rotatable bonds is 5. The van der Waals surface area contributed by atoms with E-state index in [4.69, 9.17) is 21.3 Å². The first-order valence-electron chi connectivity index (χ1n) is 10.1. The number of halogens is 2. The molecule has 0 aliphatic carbocycles. The van der Waals surface area contributed by atoms with E-state index in [-0.39, 0.29) is 18.3 Å². The van der Waals surface area contributed by atoms with Gasteiger partial charge in [0.2, 0.25) is 0 Å². The quantitative estimate of drug-likeness (QED) is 0.336. The lowest BCUT2D eigenvalue weighted by Crippen LogP contribution is -2.12. The van der Waals surface area contributed by atoms with Crippen LogP contribution >= 0.6 is 24.0 Å². The Balaban J connectivity index is 0.00000274. The lowest BCUT2D eigenvalue weighted by molar-refractivity contribution is 0.102. The van der Waals surface area contributed by atoms with Gasteiger partial charge in [0.1, 0.15) is 17.3 Å². The number of amides is 1. The number of nitrogens with one attached hydrogen (secondary N) is 1. The second-order valence-corrected chi connectivity index (χ2v) is 7.66. The summed E-state index contributed by atoms with van der Waals surface area (Å²) in [6.45, 7) is 0. The van der Waals surface area contributed by atoms with Crippen molar-refractivity contribution >= 4 is 41.4 Å². The van der Waals surface area contributed by atoms with Gasteiger partial charge >= 0.3 is 0 Å². The number of carbonyl (C=O) groups is 1. The molecule has 0 unspecified atom stereocenters. The first-order chi connectivity index (χ1) is 16.1. The van der Waals surface area contributed by atoms with Crippen LogP contribution in [-0.4, -0.2) is 32.6 Å². The van der Waals surface area contributed by atoms with Crippen LogP contribution in [0.1, 0.15) is 10.4 Å². The highest BCUT2D eigenvalue weighted by molar-refractivity contribution is 6.30. The van der Waals surface area contributed by atoms with Crippen LogP contribution in [0.25, 0.3) is 28.2 Å². The Morgan fingerprint density at radius 2 is 1.79 bits per heavy atom. The Labute approximate surface area is 206 Å². The first kappa shape index (κ1) is 23.2. The van der Waals surface area contributed by atoms with Crippen molar-refractivity contribution in [3.05, 3.63) is 95.8 Å². The lowest BCUT2D eigenvalue weighted by Gasteiger charge is -2.09. The van der Waals surface area contributed by atoms with Crippen LogP contribution in [0.4, 0.5) is 5.82 Å². The molecular formula is C25H19Cl2N5O2. The maximum atomic E-state index is 12.7. The van der Waals surface area contributed by atoms with E-state index in [0.717, 1.165) is 22.5 Å². The van der Waals surface area contributed by atoms with Crippen LogP contribution < -0.4 is 10.1 Å². The van der Waals surface area contributed by atoms with Gasteiger partial charge in [0.05, 0.1) is 12.8 Å². The van der Waals surface area contributed by atoms with E-state index in [9.17, 15) is 4.79 Å². The zero-order valence-corrected chi connectivity index (χ0v) is 19.5. The summed E-state index contributed by atoms with van der Waals surface area (Å²) < 4.78 is 6.91. The predicted molar refractivity (Wildman–Crippen MR) is 135 cm³/mol. The van der Waals surface area contributed by atoms with Gasteiger partial charge in [-0.15, -0.1) is 12.4 Å². The number of aromatic nitrogens is 4. The highest BCUT2D eigenvalue weighted by Gasteiger charge is 2.18. The van der Waals surface area contributed by atoms with Crippen molar-refractivity contribution in [2.75, 3.05) is 12.4 Å². The molecule has 0 radical (unpaired) electrons. The van der Waals surface area contributed by atoms with Gasteiger partial charge in [-0.1, -0.05) is 23.7 Å². The Morgan fingerprint density at radius 1 is 0.971 bits per heavy atom. The molecule has 7 nitrogen and oxygen atoms in total. The number of methoxy groups -OCH3 is 1. The van der Waals surface area contributed by atoms with Gasteiger partial charge in [-0.2, -0.15) is 5.10 Å². The Hall–Kier alpha value is -3.94. The normalized spacial score (nSPS) is 10.5. The van der Waals surface area contributed by atoms with Gasteiger partial charge in [-0.3, -0.25) is 4.79 Å². The van der Waals surface area contributed by atoms with Crippen molar-refractivity contribution < 1.29 is 9.53 Å². The minimum atomic E-state index is -0.270. The van der Waals surface area contributed by atoms with Crippen molar-refractivity contribution in [1.82, 2.24) is 19.6 Å². The number of hydrogen-bond donors (Lipinski definition) is 1. The molecule has 0 atom stereocenters. The fraction of sp³-hybridized carbons (Fsp3) is 0.0400. The summed E-state index contributed by atoms with van der Waals surface area (Å²) in [4.78, 5) is 21.8. The van der Waals surface area contributed by atoms with E-state index in [0.29, 0.717) is 27.8 Å². The largest absolute Gasteiger partial charge is 0.497 e. The van der Waals surface area contributed by atoms with E-state index in [1.54, 1.807) is 54.4 Å². The third-order valence-electron chi connectivity index (χ3n) is 5.12. The minimum absolute atomic E-state index is 0. The van der Waals surface area contributed by atoms with Crippen molar-refractivity contribution in [3.8, 4) is 28.3 Å². The first-order valence-corrected chi connectivity index (χ1v) is 10.5. The van der Waals surface area contributed by atoms with Crippen LogP contribution in [0.3, 0.4) is 0 Å². The number of anilines is 1. The van der Waals surface area contributed by atoms with Crippen molar-refractivity contribution in [2.45, 2.75) is 0 Å². The SMILES string of the molecule is COc1ccc(C(=O)Nc2cc(-c3c(-c4cccc(Cl)c4)nc4cccnn34)ccn2)cc1.Cl. The Bertz CT molecular complexity index is 1470. The molecule has 3 heterocycles.